The summed E-state index contributed by atoms with van der Waals surface area (Å²) >= 11 is 6.32. The van der Waals surface area contributed by atoms with Crippen LogP contribution in [-0.4, -0.2) is 59.4 Å². The van der Waals surface area contributed by atoms with E-state index in [1.165, 1.54) is 18.7 Å². The Morgan fingerprint density at radius 2 is 1.93 bits per heavy atom. The van der Waals surface area contributed by atoms with Crippen molar-refractivity contribution in [2.75, 3.05) is 33.4 Å². The Bertz CT molecular complexity index is 742. The Balaban J connectivity index is 1.67. The summed E-state index contributed by atoms with van der Waals surface area (Å²) in [5.41, 5.74) is 2.23. The molecule has 27 heavy (non-hydrogen) atoms. The predicted molar refractivity (Wildman–Crippen MR) is 107 cm³/mol. The first kappa shape index (κ1) is 20.0. The summed E-state index contributed by atoms with van der Waals surface area (Å²) in [5, 5.41) is 19.9. The van der Waals surface area contributed by atoms with Crippen LogP contribution in [0.1, 0.15) is 17.5 Å². The number of phenolic OH excluding ortho intramolecular Hbond substituents is 1. The molecule has 0 radical (unpaired) electrons. The monoisotopic (exact) mass is 390 g/mol. The van der Waals surface area contributed by atoms with Gasteiger partial charge in [-0.3, -0.25) is 9.80 Å². The lowest BCUT2D eigenvalue weighted by Crippen LogP contribution is -2.52. The van der Waals surface area contributed by atoms with Crippen molar-refractivity contribution in [3.05, 3.63) is 58.6 Å². The van der Waals surface area contributed by atoms with Crippen molar-refractivity contribution >= 4 is 11.6 Å². The molecule has 2 aromatic carbocycles. The number of piperazine rings is 1. The summed E-state index contributed by atoms with van der Waals surface area (Å²) < 4.78 is 5.20. The van der Waals surface area contributed by atoms with Crippen LogP contribution in [0, 0.1) is 0 Å². The van der Waals surface area contributed by atoms with E-state index in [0.717, 1.165) is 38.2 Å². The number of phenols is 1. The van der Waals surface area contributed by atoms with Crippen LogP contribution in [-0.2, 0) is 13.1 Å². The smallest absolute Gasteiger partial charge is 0.160 e. The van der Waals surface area contributed by atoms with E-state index in [0.29, 0.717) is 23.4 Å². The molecule has 0 unspecified atom stereocenters. The molecule has 1 aliphatic heterocycles. The third-order valence-electron chi connectivity index (χ3n) is 5.12. The molecule has 0 amide bonds. The third-order valence-corrected chi connectivity index (χ3v) is 5.47. The Hall–Kier alpha value is -1.79. The van der Waals surface area contributed by atoms with Gasteiger partial charge in [0, 0.05) is 56.5 Å². The second kappa shape index (κ2) is 9.42. The van der Waals surface area contributed by atoms with Crippen LogP contribution in [0.25, 0.3) is 0 Å². The zero-order chi connectivity index (χ0) is 19.2. The third kappa shape index (κ3) is 5.14. The van der Waals surface area contributed by atoms with E-state index in [4.69, 9.17) is 16.3 Å². The lowest BCUT2D eigenvalue weighted by molar-refractivity contribution is 0.0499. The molecule has 0 spiro atoms. The van der Waals surface area contributed by atoms with Crippen molar-refractivity contribution in [1.82, 2.24) is 9.80 Å². The number of methoxy groups -OCH3 is 1. The highest BCUT2D eigenvalue weighted by molar-refractivity contribution is 6.31. The quantitative estimate of drug-likeness (QED) is 0.760. The minimum absolute atomic E-state index is 0.0529. The van der Waals surface area contributed by atoms with Crippen molar-refractivity contribution in [1.29, 1.82) is 0 Å². The predicted octanol–water partition coefficient (Wildman–Crippen LogP) is 3.12. The zero-order valence-electron chi connectivity index (χ0n) is 15.6. The zero-order valence-corrected chi connectivity index (χ0v) is 16.4. The summed E-state index contributed by atoms with van der Waals surface area (Å²) in [6.45, 7) is 4.49. The highest BCUT2D eigenvalue weighted by Crippen LogP contribution is 2.33. The molecule has 1 saturated heterocycles. The van der Waals surface area contributed by atoms with Crippen LogP contribution in [0.5, 0.6) is 11.5 Å². The summed E-state index contributed by atoms with van der Waals surface area (Å²) in [6, 6.07) is 14.1. The minimum Gasteiger partial charge on any atom is -0.504 e. The number of aliphatic hydroxyl groups is 1. The maximum absolute atomic E-state index is 9.85. The number of ether oxygens (including phenoxy) is 1. The van der Waals surface area contributed by atoms with Gasteiger partial charge < -0.3 is 14.9 Å². The number of hydrogen-bond donors (Lipinski definition) is 2. The fourth-order valence-electron chi connectivity index (χ4n) is 3.66. The Morgan fingerprint density at radius 1 is 1.15 bits per heavy atom. The number of hydrogen-bond acceptors (Lipinski definition) is 5. The maximum atomic E-state index is 9.85. The Morgan fingerprint density at radius 3 is 2.63 bits per heavy atom. The second-order valence-corrected chi connectivity index (χ2v) is 7.38. The van der Waals surface area contributed by atoms with Crippen molar-refractivity contribution < 1.29 is 14.9 Å². The maximum Gasteiger partial charge on any atom is 0.160 e. The van der Waals surface area contributed by atoms with Gasteiger partial charge >= 0.3 is 0 Å². The number of aromatic hydroxyl groups is 1. The van der Waals surface area contributed by atoms with Crippen LogP contribution < -0.4 is 4.74 Å². The van der Waals surface area contributed by atoms with Gasteiger partial charge in [0.1, 0.15) is 0 Å². The molecule has 1 fully saturated rings. The first-order chi connectivity index (χ1) is 13.1. The minimum atomic E-state index is 0.0529. The number of rotatable bonds is 7. The molecule has 2 N–H and O–H groups in total. The standard InChI is InChI=1S/C21H27ClN2O3/c1-27-21-11-17(19(22)12-20(21)26)14-23-8-9-24(18(15-23)7-10-25)13-16-5-3-2-4-6-16/h2-6,11-12,18,25-26H,7-10,13-15H2,1H3/t18-/m1/s1. The average Bonchev–Trinajstić information content (AvgIpc) is 2.67. The van der Waals surface area contributed by atoms with Crippen molar-refractivity contribution in [3.63, 3.8) is 0 Å². The molecule has 6 heteroatoms. The van der Waals surface area contributed by atoms with Gasteiger partial charge in [0.15, 0.2) is 11.5 Å². The largest absolute Gasteiger partial charge is 0.504 e. The fourth-order valence-corrected chi connectivity index (χ4v) is 3.88. The molecule has 146 valence electrons. The molecule has 0 aromatic heterocycles. The molecule has 0 saturated carbocycles. The number of benzene rings is 2. The van der Waals surface area contributed by atoms with E-state index >= 15 is 0 Å². The van der Waals surface area contributed by atoms with E-state index in [-0.39, 0.29) is 12.4 Å². The highest BCUT2D eigenvalue weighted by atomic mass is 35.5. The SMILES string of the molecule is COc1cc(CN2CCN(Cc3ccccc3)[C@H](CCO)C2)c(Cl)cc1O. The highest BCUT2D eigenvalue weighted by Gasteiger charge is 2.27. The van der Waals surface area contributed by atoms with Crippen LogP contribution in [0.3, 0.4) is 0 Å². The number of halogens is 1. The molecule has 3 rings (SSSR count). The molecule has 0 aliphatic carbocycles. The topological polar surface area (TPSA) is 56.2 Å². The fraction of sp³-hybridized carbons (Fsp3) is 0.429. The van der Waals surface area contributed by atoms with Crippen LogP contribution in [0.15, 0.2) is 42.5 Å². The lowest BCUT2D eigenvalue weighted by Gasteiger charge is -2.41. The van der Waals surface area contributed by atoms with Gasteiger partial charge in [0.05, 0.1) is 7.11 Å². The van der Waals surface area contributed by atoms with Gasteiger partial charge in [0.25, 0.3) is 0 Å². The van der Waals surface area contributed by atoms with Crippen LogP contribution in [0.4, 0.5) is 0 Å². The molecule has 0 bridgehead atoms. The van der Waals surface area contributed by atoms with E-state index in [2.05, 4.69) is 34.1 Å². The molecular formula is C21H27ClN2O3. The Labute approximate surface area is 165 Å². The van der Waals surface area contributed by atoms with E-state index in [9.17, 15) is 10.2 Å². The summed E-state index contributed by atoms with van der Waals surface area (Å²) in [5.74, 6) is 0.487. The van der Waals surface area contributed by atoms with Gasteiger partial charge in [0.2, 0.25) is 0 Å². The molecule has 2 aromatic rings. The van der Waals surface area contributed by atoms with E-state index < -0.39 is 0 Å². The number of aliphatic hydroxyl groups excluding tert-OH is 1. The normalized spacial score (nSPS) is 18.6. The van der Waals surface area contributed by atoms with Gasteiger partial charge in [-0.05, 0) is 23.6 Å². The number of nitrogens with zero attached hydrogens (tertiary/aromatic N) is 2. The van der Waals surface area contributed by atoms with Crippen molar-refractivity contribution in [2.45, 2.75) is 25.6 Å². The van der Waals surface area contributed by atoms with Crippen LogP contribution >= 0.6 is 11.6 Å². The molecule has 1 heterocycles. The molecule has 1 aliphatic rings. The van der Waals surface area contributed by atoms with Gasteiger partial charge in [-0.1, -0.05) is 41.9 Å². The van der Waals surface area contributed by atoms with Crippen molar-refractivity contribution in [3.8, 4) is 11.5 Å². The molecule has 5 nitrogen and oxygen atoms in total. The molecular weight excluding hydrogens is 364 g/mol. The lowest BCUT2D eigenvalue weighted by atomic mass is 10.1. The van der Waals surface area contributed by atoms with Crippen molar-refractivity contribution in [2.24, 2.45) is 0 Å². The van der Waals surface area contributed by atoms with E-state index in [1.54, 1.807) is 6.07 Å². The van der Waals surface area contributed by atoms with Gasteiger partial charge in [-0.15, -0.1) is 0 Å². The van der Waals surface area contributed by atoms with Gasteiger partial charge in [-0.25, -0.2) is 0 Å². The summed E-state index contributed by atoms with van der Waals surface area (Å²) in [7, 11) is 1.53. The van der Waals surface area contributed by atoms with Crippen LogP contribution in [0.2, 0.25) is 5.02 Å². The Kier molecular flexibility index (Phi) is 6.96. The van der Waals surface area contributed by atoms with Gasteiger partial charge in [-0.2, -0.15) is 0 Å². The first-order valence-electron chi connectivity index (χ1n) is 9.27. The summed E-state index contributed by atoms with van der Waals surface area (Å²) in [4.78, 5) is 4.79. The average molecular weight is 391 g/mol. The second-order valence-electron chi connectivity index (χ2n) is 6.97. The van der Waals surface area contributed by atoms with E-state index in [1.807, 2.05) is 6.07 Å². The molecule has 1 atom stereocenters. The summed E-state index contributed by atoms with van der Waals surface area (Å²) in [6.07, 6.45) is 0.746. The first-order valence-corrected chi connectivity index (χ1v) is 9.65.